The zero-order valence-corrected chi connectivity index (χ0v) is 8.67. The summed E-state index contributed by atoms with van der Waals surface area (Å²) in [5.74, 6) is 0.147. The minimum Gasteiger partial charge on any atom is -0.490 e. The molecule has 0 radical (unpaired) electrons. The van der Waals surface area contributed by atoms with Crippen LogP contribution in [-0.2, 0) is 0 Å². The first-order valence-electron chi connectivity index (χ1n) is 4.50. The summed E-state index contributed by atoms with van der Waals surface area (Å²) in [6, 6.07) is 4.35. The van der Waals surface area contributed by atoms with Crippen molar-refractivity contribution in [3.63, 3.8) is 0 Å². The maximum absolute atomic E-state index is 12.8. The molecule has 14 heavy (non-hydrogen) atoms. The number of hydrogen-bond donors (Lipinski definition) is 1. The standard InChI is InChI=1S/C11H15FO2/c1-8-4-5-9(12)6-10(8)14-7-11(2,3)13/h4-6,13H,7H2,1-3H3. The van der Waals surface area contributed by atoms with Gasteiger partial charge in [0.25, 0.3) is 0 Å². The highest BCUT2D eigenvalue weighted by atomic mass is 19.1. The number of aryl methyl sites for hydroxylation is 1. The minimum absolute atomic E-state index is 0.150. The lowest BCUT2D eigenvalue weighted by atomic mass is 10.1. The van der Waals surface area contributed by atoms with Gasteiger partial charge in [0.2, 0.25) is 0 Å². The summed E-state index contributed by atoms with van der Waals surface area (Å²) < 4.78 is 18.1. The SMILES string of the molecule is Cc1ccc(F)cc1OCC(C)(C)O. The van der Waals surface area contributed by atoms with E-state index < -0.39 is 5.60 Å². The highest BCUT2D eigenvalue weighted by molar-refractivity contribution is 5.32. The van der Waals surface area contributed by atoms with Crippen molar-refractivity contribution in [2.45, 2.75) is 26.4 Å². The average Bonchev–Trinajstić information content (AvgIpc) is 2.05. The molecule has 1 N–H and O–H groups in total. The molecule has 0 aliphatic heterocycles. The molecule has 0 aliphatic carbocycles. The van der Waals surface area contributed by atoms with Gasteiger partial charge >= 0.3 is 0 Å². The van der Waals surface area contributed by atoms with E-state index in [9.17, 15) is 9.50 Å². The summed E-state index contributed by atoms with van der Waals surface area (Å²) in [7, 11) is 0. The van der Waals surface area contributed by atoms with Crippen molar-refractivity contribution in [1.82, 2.24) is 0 Å². The van der Waals surface area contributed by atoms with Crippen LogP contribution in [0.25, 0.3) is 0 Å². The Balaban J connectivity index is 2.72. The molecule has 3 heteroatoms. The molecule has 1 aromatic carbocycles. The Kier molecular flexibility index (Phi) is 3.11. The highest BCUT2D eigenvalue weighted by Gasteiger charge is 2.14. The number of ether oxygens (including phenoxy) is 1. The van der Waals surface area contributed by atoms with Crippen molar-refractivity contribution in [2.24, 2.45) is 0 Å². The molecular weight excluding hydrogens is 183 g/mol. The van der Waals surface area contributed by atoms with E-state index in [0.29, 0.717) is 5.75 Å². The fraction of sp³-hybridized carbons (Fsp3) is 0.455. The molecule has 0 heterocycles. The van der Waals surface area contributed by atoms with Gasteiger partial charge in [-0.2, -0.15) is 0 Å². The lowest BCUT2D eigenvalue weighted by Gasteiger charge is -2.18. The Morgan fingerprint density at radius 3 is 2.64 bits per heavy atom. The zero-order valence-electron chi connectivity index (χ0n) is 8.67. The molecule has 0 spiro atoms. The maximum Gasteiger partial charge on any atom is 0.126 e. The Hall–Kier alpha value is -1.09. The van der Waals surface area contributed by atoms with Crippen LogP contribution in [0.4, 0.5) is 4.39 Å². The van der Waals surface area contributed by atoms with Crippen LogP contribution >= 0.6 is 0 Å². The fourth-order valence-electron chi connectivity index (χ4n) is 0.984. The molecule has 0 aliphatic rings. The van der Waals surface area contributed by atoms with Gasteiger partial charge in [-0.1, -0.05) is 6.07 Å². The molecule has 0 amide bonds. The number of hydrogen-bond acceptors (Lipinski definition) is 2. The second-order valence-corrected chi connectivity index (χ2v) is 4.01. The molecule has 1 rings (SSSR count). The van der Waals surface area contributed by atoms with Gasteiger partial charge in [0.1, 0.15) is 18.2 Å². The van der Waals surface area contributed by atoms with Crippen molar-refractivity contribution in [2.75, 3.05) is 6.61 Å². The topological polar surface area (TPSA) is 29.5 Å². The van der Waals surface area contributed by atoms with Crippen LogP contribution in [0.5, 0.6) is 5.75 Å². The van der Waals surface area contributed by atoms with Crippen molar-refractivity contribution < 1.29 is 14.2 Å². The van der Waals surface area contributed by atoms with Crippen LogP contribution in [0.2, 0.25) is 0 Å². The molecule has 78 valence electrons. The number of benzene rings is 1. The van der Waals surface area contributed by atoms with Gasteiger partial charge in [-0.15, -0.1) is 0 Å². The summed E-state index contributed by atoms with van der Waals surface area (Å²) in [6.45, 7) is 5.26. The normalized spacial score (nSPS) is 11.5. The highest BCUT2D eigenvalue weighted by Crippen LogP contribution is 2.19. The van der Waals surface area contributed by atoms with E-state index in [2.05, 4.69) is 0 Å². The van der Waals surface area contributed by atoms with Crippen LogP contribution in [0.1, 0.15) is 19.4 Å². The van der Waals surface area contributed by atoms with Gasteiger partial charge in [-0.25, -0.2) is 4.39 Å². The third-order valence-corrected chi connectivity index (χ3v) is 1.73. The van der Waals surface area contributed by atoms with E-state index >= 15 is 0 Å². The fourth-order valence-corrected chi connectivity index (χ4v) is 0.984. The van der Waals surface area contributed by atoms with Gasteiger partial charge in [-0.3, -0.25) is 0 Å². The summed E-state index contributed by atoms with van der Waals surface area (Å²) in [5, 5.41) is 9.42. The lowest BCUT2D eigenvalue weighted by Crippen LogP contribution is -2.28. The molecule has 0 fully saturated rings. The predicted molar refractivity (Wildman–Crippen MR) is 52.9 cm³/mol. The van der Waals surface area contributed by atoms with Crippen molar-refractivity contribution in [3.8, 4) is 5.75 Å². The summed E-state index contributed by atoms with van der Waals surface area (Å²) in [5.41, 5.74) is -0.0469. The van der Waals surface area contributed by atoms with Crippen LogP contribution < -0.4 is 4.74 Å². The summed E-state index contributed by atoms with van der Waals surface area (Å²) >= 11 is 0. The summed E-state index contributed by atoms with van der Waals surface area (Å²) in [4.78, 5) is 0. The number of halogens is 1. The van der Waals surface area contributed by atoms with Crippen molar-refractivity contribution in [1.29, 1.82) is 0 Å². The van der Waals surface area contributed by atoms with Crippen LogP contribution in [0, 0.1) is 12.7 Å². The van der Waals surface area contributed by atoms with Gasteiger partial charge < -0.3 is 9.84 Å². The van der Waals surface area contributed by atoms with Gasteiger partial charge in [0.05, 0.1) is 5.60 Å². The number of rotatable bonds is 3. The van der Waals surface area contributed by atoms with E-state index in [-0.39, 0.29) is 12.4 Å². The second kappa shape index (κ2) is 3.96. The van der Waals surface area contributed by atoms with Crippen LogP contribution in [0.3, 0.4) is 0 Å². The van der Waals surface area contributed by atoms with Gasteiger partial charge in [0.15, 0.2) is 0 Å². The molecule has 0 aromatic heterocycles. The lowest BCUT2D eigenvalue weighted by molar-refractivity contribution is 0.0281. The molecule has 0 unspecified atom stereocenters. The second-order valence-electron chi connectivity index (χ2n) is 4.01. The minimum atomic E-state index is -0.904. The first kappa shape index (κ1) is 11.0. The molecule has 0 bridgehead atoms. The van der Waals surface area contributed by atoms with E-state index in [0.717, 1.165) is 5.56 Å². The van der Waals surface area contributed by atoms with Gasteiger partial charge in [-0.05, 0) is 32.4 Å². The monoisotopic (exact) mass is 198 g/mol. The molecule has 0 atom stereocenters. The first-order chi connectivity index (χ1) is 6.38. The van der Waals surface area contributed by atoms with E-state index in [4.69, 9.17) is 4.74 Å². The maximum atomic E-state index is 12.8. The van der Waals surface area contributed by atoms with Crippen molar-refractivity contribution >= 4 is 0 Å². The quantitative estimate of drug-likeness (QED) is 0.807. The molecular formula is C11H15FO2. The third-order valence-electron chi connectivity index (χ3n) is 1.73. The predicted octanol–water partition coefficient (Wildman–Crippen LogP) is 2.28. The van der Waals surface area contributed by atoms with Crippen LogP contribution in [0.15, 0.2) is 18.2 Å². The van der Waals surface area contributed by atoms with E-state index in [1.807, 2.05) is 6.92 Å². The zero-order chi connectivity index (χ0) is 10.8. The summed E-state index contributed by atoms with van der Waals surface area (Å²) in [6.07, 6.45) is 0. The molecule has 0 saturated carbocycles. The average molecular weight is 198 g/mol. The van der Waals surface area contributed by atoms with Gasteiger partial charge in [0, 0.05) is 6.07 Å². The van der Waals surface area contributed by atoms with Crippen LogP contribution in [-0.4, -0.2) is 17.3 Å². The Bertz CT molecular complexity index is 316. The Labute approximate surface area is 83.3 Å². The molecule has 1 aromatic rings. The Morgan fingerprint density at radius 2 is 2.07 bits per heavy atom. The van der Waals surface area contributed by atoms with Crippen molar-refractivity contribution in [3.05, 3.63) is 29.6 Å². The Morgan fingerprint density at radius 1 is 1.43 bits per heavy atom. The first-order valence-corrected chi connectivity index (χ1v) is 4.50. The number of aliphatic hydroxyl groups is 1. The third kappa shape index (κ3) is 3.34. The van der Waals surface area contributed by atoms with E-state index in [1.54, 1.807) is 19.9 Å². The van der Waals surface area contributed by atoms with E-state index in [1.165, 1.54) is 12.1 Å². The smallest absolute Gasteiger partial charge is 0.126 e. The largest absolute Gasteiger partial charge is 0.490 e. The molecule has 0 saturated heterocycles. The molecule has 2 nitrogen and oxygen atoms in total.